The second kappa shape index (κ2) is 8.13. The second-order valence-electron chi connectivity index (χ2n) is 5.52. The number of ketones is 1. The van der Waals surface area contributed by atoms with Gasteiger partial charge in [-0.15, -0.1) is 0 Å². The molecule has 0 unspecified atom stereocenters. The highest BCUT2D eigenvalue weighted by molar-refractivity contribution is 5.97. The Hall–Kier alpha value is -2.62. The van der Waals surface area contributed by atoms with Crippen LogP contribution in [0.5, 0.6) is 5.75 Å². The zero-order valence-corrected chi connectivity index (χ0v) is 13.2. The Bertz CT molecular complexity index is 677. The first-order chi connectivity index (χ1) is 11.1. The van der Waals surface area contributed by atoms with Crippen LogP contribution in [0.3, 0.4) is 0 Å². The molecule has 0 aliphatic rings. The quantitative estimate of drug-likeness (QED) is 0.772. The Balaban J connectivity index is 1.72. The number of phenols is 1. The Morgan fingerprint density at radius 2 is 1.70 bits per heavy atom. The maximum Gasteiger partial charge on any atom is 0.220 e. The molecule has 0 saturated heterocycles. The molecule has 0 aliphatic carbocycles. The molecule has 0 fully saturated rings. The van der Waals surface area contributed by atoms with Crippen LogP contribution < -0.4 is 5.32 Å². The third-order valence-electron chi connectivity index (χ3n) is 3.66. The number of rotatable bonds is 7. The van der Waals surface area contributed by atoms with E-state index in [-0.39, 0.29) is 30.3 Å². The van der Waals surface area contributed by atoms with E-state index >= 15 is 0 Å². The minimum Gasteiger partial charge on any atom is -0.508 e. The van der Waals surface area contributed by atoms with Crippen molar-refractivity contribution in [3.05, 3.63) is 65.2 Å². The van der Waals surface area contributed by atoms with Crippen LogP contribution in [0, 0.1) is 6.92 Å². The predicted molar refractivity (Wildman–Crippen MR) is 89.6 cm³/mol. The molecule has 0 radical (unpaired) electrons. The number of para-hydroxylation sites is 1. The van der Waals surface area contributed by atoms with E-state index in [1.807, 2.05) is 31.2 Å². The van der Waals surface area contributed by atoms with Gasteiger partial charge in [0.25, 0.3) is 0 Å². The van der Waals surface area contributed by atoms with E-state index in [4.69, 9.17) is 0 Å². The molecule has 4 nitrogen and oxygen atoms in total. The summed E-state index contributed by atoms with van der Waals surface area (Å²) in [5, 5.41) is 12.4. The van der Waals surface area contributed by atoms with Gasteiger partial charge in [0.15, 0.2) is 5.78 Å². The van der Waals surface area contributed by atoms with Gasteiger partial charge in [-0.25, -0.2) is 0 Å². The minimum absolute atomic E-state index is 0.0270. The molecule has 0 aromatic heterocycles. The average Bonchev–Trinajstić information content (AvgIpc) is 2.55. The number of hydrogen-bond acceptors (Lipinski definition) is 3. The van der Waals surface area contributed by atoms with Crippen LogP contribution in [0.1, 0.15) is 34.3 Å². The van der Waals surface area contributed by atoms with Crippen molar-refractivity contribution in [2.75, 3.05) is 6.54 Å². The SMILES string of the molecule is Cc1ccc(C(=O)CCC(=O)NCCc2ccccc2O)cc1. The molecule has 2 rings (SSSR count). The van der Waals surface area contributed by atoms with Crippen LogP contribution in [0.25, 0.3) is 0 Å². The van der Waals surface area contributed by atoms with Crippen molar-refractivity contribution in [3.63, 3.8) is 0 Å². The smallest absolute Gasteiger partial charge is 0.220 e. The number of aromatic hydroxyl groups is 1. The van der Waals surface area contributed by atoms with Gasteiger partial charge in [-0.2, -0.15) is 0 Å². The Morgan fingerprint density at radius 3 is 2.39 bits per heavy atom. The maximum absolute atomic E-state index is 12.0. The van der Waals surface area contributed by atoms with Crippen LogP contribution in [-0.2, 0) is 11.2 Å². The number of nitrogens with one attached hydrogen (secondary N) is 1. The summed E-state index contributed by atoms with van der Waals surface area (Å²) < 4.78 is 0. The molecule has 0 aliphatic heterocycles. The average molecular weight is 311 g/mol. The fourth-order valence-electron chi connectivity index (χ4n) is 2.26. The molecular formula is C19H21NO3. The molecule has 2 N–H and O–H groups in total. The van der Waals surface area contributed by atoms with Crippen molar-refractivity contribution in [1.82, 2.24) is 5.32 Å². The maximum atomic E-state index is 12.0. The summed E-state index contributed by atoms with van der Waals surface area (Å²) in [6.45, 7) is 2.40. The third kappa shape index (κ3) is 5.25. The summed E-state index contributed by atoms with van der Waals surface area (Å²) >= 11 is 0. The first-order valence-electron chi connectivity index (χ1n) is 7.69. The van der Waals surface area contributed by atoms with Crippen molar-refractivity contribution in [1.29, 1.82) is 0 Å². The van der Waals surface area contributed by atoms with Gasteiger partial charge in [0.05, 0.1) is 0 Å². The van der Waals surface area contributed by atoms with Crippen LogP contribution in [-0.4, -0.2) is 23.3 Å². The summed E-state index contributed by atoms with van der Waals surface area (Å²) in [5.74, 6) is 0.0537. The lowest BCUT2D eigenvalue weighted by Gasteiger charge is -2.07. The highest BCUT2D eigenvalue weighted by Gasteiger charge is 2.09. The monoisotopic (exact) mass is 311 g/mol. The number of hydrogen-bond donors (Lipinski definition) is 2. The zero-order valence-electron chi connectivity index (χ0n) is 13.2. The lowest BCUT2D eigenvalue weighted by atomic mass is 10.0. The topological polar surface area (TPSA) is 66.4 Å². The van der Waals surface area contributed by atoms with E-state index < -0.39 is 0 Å². The van der Waals surface area contributed by atoms with Crippen molar-refractivity contribution in [2.45, 2.75) is 26.2 Å². The molecule has 2 aromatic rings. The van der Waals surface area contributed by atoms with Crippen molar-refractivity contribution in [3.8, 4) is 5.75 Å². The number of Topliss-reactive ketones (excluding diaryl/α,β-unsaturated/α-hetero) is 1. The highest BCUT2D eigenvalue weighted by atomic mass is 16.3. The Labute approximate surface area is 136 Å². The molecule has 0 spiro atoms. The normalized spacial score (nSPS) is 10.3. The van der Waals surface area contributed by atoms with Gasteiger partial charge in [-0.3, -0.25) is 9.59 Å². The van der Waals surface area contributed by atoms with E-state index in [1.54, 1.807) is 24.3 Å². The molecule has 4 heteroatoms. The van der Waals surface area contributed by atoms with Crippen molar-refractivity contribution in [2.24, 2.45) is 0 Å². The molecule has 0 atom stereocenters. The number of aryl methyl sites for hydroxylation is 1. The first kappa shape index (κ1) is 16.7. The lowest BCUT2D eigenvalue weighted by molar-refractivity contribution is -0.121. The number of amides is 1. The van der Waals surface area contributed by atoms with Crippen molar-refractivity contribution < 1.29 is 14.7 Å². The number of benzene rings is 2. The minimum atomic E-state index is -0.152. The van der Waals surface area contributed by atoms with E-state index in [0.29, 0.717) is 18.5 Å². The molecular weight excluding hydrogens is 290 g/mol. The molecule has 2 aromatic carbocycles. The second-order valence-corrected chi connectivity index (χ2v) is 5.52. The fraction of sp³-hybridized carbons (Fsp3) is 0.263. The van der Waals surface area contributed by atoms with E-state index in [0.717, 1.165) is 11.1 Å². The van der Waals surface area contributed by atoms with Crippen LogP contribution in [0.15, 0.2) is 48.5 Å². The van der Waals surface area contributed by atoms with Gasteiger partial charge < -0.3 is 10.4 Å². The molecule has 0 heterocycles. The zero-order chi connectivity index (χ0) is 16.7. The fourth-order valence-corrected chi connectivity index (χ4v) is 2.26. The van der Waals surface area contributed by atoms with E-state index in [1.165, 1.54) is 0 Å². The van der Waals surface area contributed by atoms with Crippen LogP contribution >= 0.6 is 0 Å². The summed E-state index contributed by atoms with van der Waals surface area (Å²) in [5.41, 5.74) is 2.53. The van der Waals surface area contributed by atoms with Gasteiger partial charge >= 0.3 is 0 Å². The van der Waals surface area contributed by atoms with Gasteiger partial charge in [-0.05, 0) is 25.0 Å². The van der Waals surface area contributed by atoms with E-state index in [2.05, 4.69) is 5.32 Å². The largest absolute Gasteiger partial charge is 0.508 e. The standard InChI is InChI=1S/C19H21NO3/c1-14-6-8-16(9-7-14)18(22)10-11-19(23)20-13-12-15-4-2-3-5-17(15)21/h2-9,21H,10-13H2,1H3,(H,20,23). The first-order valence-corrected chi connectivity index (χ1v) is 7.69. The third-order valence-corrected chi connectivity index (χ3v) is 3.66. The lowest BCUT2D eigenvalue weighted by Crippen LogP contribution is -2.26. The Kier molecular flexibility index (Phi) is 5.92. The van der Waals surface area contributed by atoms with Gasteiger partial charge in [-0.1, -0.05) is 48.0 Å². The molecule has 23 heavy (non-hydrogen) atoms. The number of carbonyl (C=O) groups is 2. The highest BCUT2D eigenvalue weighted by Crippen LogP contribution is 2.15. The summed E-state index contributed by atoms with van der Waals surface area (Å²) in [7, 11) is 0. The van der Waals surface area contributed by atoms with Gasteiger partial charge in [0.1, 0.15) is 5.75 Å². The summed E-state index contributed by atoms with van der Waals surface area (Å²) in [6.07, 6.45) is 0.934. The Morgan fingerprint density at radius 1 is 1.00 bits per heavy atom. The van der Waals surface area contributed by atoms with Crippen LogP contribution in [0.4, 0.5) is 0 Å². The van der Waals surface area contributed by atoms with Gasteiger partial charge in [0.2, 0.25) is 5.91 Å². The van der Waals surface area contributed by atoms with E-state index in [9.17, 15) is 14.7 Å². The van der Waals surface area contributed by atoms with Crippen molar-refractivity contribution >= 4 is 11.7 Å². The summed E-state index contributed by atoms with van der Waals surface area (Å²) in [4.78, 5) is 23.8. The summed E-state index contributed by atoms with van der Waals surface area (Å²) in [6, 6.07) is 14.4. The molecule has 120 valence electrons. The van der Waals surface area contributed by atoms with Crippen LogP contribution in [0.2, 0.25) is 0 Å². The molecule has 1 amide bonds. The predicted octanol–water partition coefficient (Wildman–Crippen LogP) is 3.02. The molecule has 0 bridgehead atoms. The number of phenolic OH excluding ortho intramolecular Hbond substituents is 1. The molecule has 0 saturated carbocycles. The van der Waals surface area contributed by atoms with Gasteiger partial charge in [0, 0.05) is 24.9 Å². The number of carbonyl (C=O) groups excluding carboxylic acids is 2.